The van der Waals surface area contributed by atoms with Crippen LogP contribution in [0.25, 0.3) is 22.3 Å². The van der Waals surface area contributed by atoms with E-state index in [4.69, 9.17) is 0 Å². The molecule has 34 heavy (non-hydrogen) atoms. The van der Waals surface area contributed by atoms with Crippen molar-refractivity contribution in [3.63, 3.8) is 0 Å². The van der Waals surface area contributed by atoms with Crippen LogP contribution in [0.15, 0.2) is 71.5 Å². The Balaban J connectivity index is 1.83. The predicted octanol–water partition coefficient (Wildman–Crippen LogP) is 4.50. The quantitative estimate of drug-likeness (QED) is 0.445. The van der Waals surface area contributed by atoms with E-state index in [1.807, 2.05) is 13.0 Å². The summed E-state index contributed by atoms with van der Waals surface area (Å²) in [5.41, 5.74) is 2.40. The second-order valence-electron chi connectivity index (χ2n) is 7.82. The first kappa shape index (κ1) is 22.8. The number of amides is 2. The molecule has 0 saturated carbocycles. The van der Waals surface area contributed by atoms with Gasteiger partial charge in [0.05, 0.1) is 22.4 Å². The van der Waals surface area contributed by atoms with Crippen molar-refractivity contribution in [1.29, 1.82) is 0 Å². The van der Waals surface area contributed by atoms with Gasteiger partial charge in [-0.15, -0.1) is 0 Å². The molecule has 2 amide bonds. The maximum absolute atomic E-state index is 14.0. The molecule has 0 aliphatic heterocycles. The first-order valence-electron chi connectivity index (χ1n) is 10.8. The molecule has 0 aliphatic rings. The van der Waals surface area contributed by atoms with Crippen LogP contribution in [-0.2, 0) is 16.1 Å². The Hall–Kier alpha value is -4.33. The zero-order chi connectivity index (χ0) is 24.2. The van der Waals surface area contributed by atoms with Crippen molar-refractivity contribution in [2.24, 2.45) is 0 Å². The molecular weight excluding hydrogens is 435 g/mol. The van der Waals surface area contributed by atoms with Crippen molar-refractivity contribution < 1.29 is 14.0 Å². The molecule has 1 aromatic heterocycles. The number of carbonyl (C=O) groups is 2. The SMILES string of the molecule is CCC(=O)Nc1ccc(C)cc1-c1nc2ccccc2n(CC(=O)Nc2ccccc2F)c1=O. The van der Waals surface area contributed by atoms with Crippen molar-refractivity contribution in [2.75, 3.05) is 10.6 Å². The number of rotatable bonds is 6. The van der Waals surface area contributed by atoms with Crippen LogP contribution in [0.5, 0.6) is 0 Å². The lowest BCUT2D eigenvalue weighted by Crippen LogP contribution is -2.30. The molecule has 0 atom stereocenters. The fourth-order valence-corrected chi connectivity index (χ4v) is 3.62. The van der Waals surface area contributed by atoms with E-state index in [1.165, 1.54) is 22.8 Å². The first-order chi connectivity index (χ1) is 16.4. The van der Waals surface area contributed by atoms with E-state index in [0.717, 1.165) is 5.56 Å². The third-order valence-electron chi connectivity index (χ3n) is 5.33. The number of anilines is 2. The standard InChI is InChI=1S/C26H23FN4O3/c1-3-23(32)28-19-13-12-16(2)14-17(19)25-26(34)31(22-11-7-6-10-21(22)30-25)15-24(33)29-20-9-5-4-8-18(20)27/h4-14H,3,15H2,1-2H3,(H,28,32)(H,29,33). The third-order valence-corrected chi connectivity index (χ3v) is 5.33. The lowest BCUT2D eigenvalue weighted by Gasteiger charge is -2.15. The molecule has 0 spiro atoms. The Bertz CT molecular complexity index is 1460. The maximum Gasteiger partial charge on any atom is 0.278 e. The van der Waals surface area contributed by atoms with Gasteiger partial charge in [0.25, 0.3) is 5.56 Å². The Labute approximate surface area is 195 Å². The summed E-state index contributed by atoms with van der Waals surface area (Å²) in [7, 11) is 0. The normalized spacial score (nSPS) is 10.8. The Morgan fingerprint density at radius 3 is 2.41 bits per heavy atom. The molecule has 7 nitrogen and oxygen atoms in total. The highest BCUT2D eigenvalue weighted by molar-refractivity contribution is 5.96. The van der Waals surface area contributed by atoms with Crippen molar-refractivity contribution >= 4 is 34.2 Å². The second-order valence-corrected chi connectivity index (χ2v) is 7.82. The molecule has 0 fully saturated rings. The summed E-state index contributed by atoms with van der Waals surface area (Å²) >= 11 is 0. The van der Waals surface area contributed by atoms with Gasteiger partial charge in [0.1, 0.15) is 18.1 Å². The Morgan fingerprint density at radius 2 is 1.65 bits per heavy atom. The monoisotopic (exact) mass is 458 g/mol. The van der Waals surface area contributed by atoms with Gasteiger partial charge in [-0.2, -0.15) is 0 Å². The van der Waals surface area contributed by atoms with E-state index in [2.05, 4.69) is 15.6 Å². The summed E-state index contributed by atoms with van der Waals surface area (Å²) in [5, 5.41) is 5.33. The highest BCUT2D eigenvalue weighted by Gasteiger charge is 2.19. The number of nitrogens with zero attached hydrogens (tertiary/aromatic N) is 2. The molecule has 172 valence electrons. The van der Waals surface area contributed by atoms with Gasteiger partial charge in [0, 0.05) is 12.0 Å². The molecule has 4 aromatic rings. The van der Waals surface area contributed by atoms with Gasteiger partial charge < -0.3 is 10.6 Å². The average molecular weight is 458 g/mol. The van der Waals surface area contributed by atoms with E-state index in [9.17, 15) is 18.8 Å². The van der Waals surface area contributed by atoms with Crippen LogP contribution in [0.3, 0.4) is 0 Å². The van der Waals surface area contributed by atoms with Gasteiger partial charge >= 0.3 is 0 Å². The van der Waals surface area contributed by atoms with E-state index in [-0.39, 0.29) is 30.3 Å². The second kappa shape index (κ2) is 9.66. The minimum absolute atomic E-state index is 0.0300. The topological polar surface area (TPSA) is 93.1 Å². The average Bonchev–Trinajstić information content (AvgIpc) is 2.83. The van der Waals surface area contributed by atoms with Crippen LogP contribution in [-0.4, -0.2) is 21.4 Å². The zero-order valence-electron chi connectivity index (χ0n) is 18.8. The van der Waals surface area contributed by atoms with Crippen molar-refractivity contribution in [3.05, 3.63) is 88.5 Å². The lowest BCUT2D eigenvalue weighted by molar-refractivity contribution is -0.117. The molecule has 3 aromatic carbocycles. The van der Waals surface area contributed by atoms with Gasteiger partial charge in [0.2, 0.25) is 11.8 Å². The van der Waals surface area contributed by atoms with Gasteiger partial charge in [-0.1, -0.05) is 42.8 Å². The number of halogens is 1. The van der Waals surface area contributed by atoms with Crippen LogP contribution >= 0.6 is 0 Å². The fourth-order valence-electron chi connectivity index (χ4n) is 3.62. The molecule has 0 bridgehead atoms. The Kier molecular flexibility index (Phi) is 6.49. The van der Waals surface area contributed by atoms with Gasteiger partial charge in [-0.3, -0.25) is 19.0 Å². The number of aromatic nitrogens is 2. The summed E-state index contributed by atoms with van der Waals surface area (Å²) in [6.45, 7) is 3.26. The number of nitrogens with one attached hydrogen (secondary N) is 2. The minimum atomic E-state index is -0.570. The van der Waals surface area contributed by atoms with Crippen LogP contribution in [0.4, 0.5) is 15.8 Å². The van der Waals surface area contributed by atoms with Crippen molar-refractivity contribution in [2.45, 2.75) is 26.8 Å². The van der Waals surface area contributed by atoms with Gasteiger partial charge in [0.15, 0.2) is 0 Å². The van der Waals surface area contributed by atoms with Gasteiger partial charge in [-0.05, 0) is 43.3 Å². The highest BCUT2D eigenvalue weighted by Crippen LogP contribution is 2.27. The molecule has 2 N–H and O–H groups in total. The molecule has 0 unspecified atom stereocenters. The summed E-state index contributed by atoms with van der Waals surface area (Å²) in [6, 6.07) is 18.1. The number of aryl methyl sites for hydroxylation is 1. The summed E-state index contributed by atoms with van der Waals surface area (Å²) < 4.78 is 15.3. The number of fused-ring (bicyclic) bond motifs is 1. The van der Waals surface area contributed by atoms with Crippen LogP contribution in [0, 0.1) is 12.7 Å². The fraction of sp³-hybridized carbons (Fsp3) is 0.154. The molecule has 0 saturated heterocycles. The van der Waals surface area contributed by atoms with Crippen LogP contribution < -0.4 is 16.2 Å². The number of hydrogen-bond acceptors (Lipinski definition) is 4. The van der Waals surface area contributed by atoms with Crippen molar-refractivity contribution in [3.8, 4) is 11.3 Å². The summed E-state index contributed by atoms with van der Waals surface area (Å²) in [5.74, 6) is -1.33. The number of benzene rings is 3. The summed E-state index contributed by atoms with van der Waals surface area (Å²) in [6.07, 6.45) is 0.277. The number of carbonyl (C=O) groups excluding carboxylic acids is 2. The van der Waals surface area contributed by atoms with Crippen LogP contribution in [0.1, 0.15) is 18.9 Å². The molecule has 8 heteroatoms. The smallest absolute Gasteiger partial charge is 0.278 e. The zero-order valence-corrected chi connectivity index (χ0v) is 18.8. The van der Waals surface area contributed by atoms with E-state index in [0.29, 0.717) is 22.3 Å². The number of hydrogen-bond donors (Lipinski definition) is 2. The van der Waals surface area contributed by atoms with E-state index < -0.39 is 17.3 Å². The maximum atomic E-state index is 14.0. The molecule has 4 rings (SSSR count). The highest BCUT2D eigenvalue weighted by atomic mass is 19.1. The largest absolute Gasteiger partial charge is 0.325 e. The third kappa shape index (κ3) is 4.71. The first-order valence-corrected chi connectivity index (χ1v) is 10.8. The predicted molar refractivity (Wildman–Crippen MR) is 130 cm³/mol. The summed E-state index contributed by atoms with van der Waals surface area (Å²) in [4.78, 5) is 43.0. The van der Waals surface area contributed by atoms with Gasteiger partial charge in [-0.25, -0.2) is 9.37 Å². The number of para-hydroxylation sites is 3. The van der Waals surface area contributed by atoms with E-state index >= 15 is 0 Å². The molecule has 0 radical (unpaired) electrons. The minimum Gasteiger partial charge on any atom is -0.325 e. The Morgan fingerprint density at radius 1 is 0.941 bits per heavy atom. The molecular formula is C26H23FN4O3. The van der Waals surface area contributed by atoms with Crippen molar-refractivity contribution in [1.82, 2.24) is 9.55 Å². The van der Waals surface area contributed by atoms with E-state index in [1.54, 1.807) is 49.4 Å². The lowest BCUT2D eigenvalue weighted by atomic mass is 10.1. The molecule has 0 aliphatic carbocycles. The molecule has 1 heterocycles. The van der Waals surface area contributed by atoms with Crippen LogP contribution in [0.2, 0.25) is 0 Å².